The second-order valence-corrected chi connectivity index (χ2v) is 3.78. The van der Waals surface area contributed by atoms with E-state index in [2.05, 4.69) is 15.4 Å². The van der Waals surface area contributed by atoms with E-state index in [1.807, 2.05) is 10.7 Å². The van der Waals surface area contributed by atoms with Crippen LogP contribution in [0.2, 0.25) is 5.02 Å². The minimum atomic E-state index is 0.610. The smallest absolute Gasteiger partial charge is 0.174 e. The third-order valence-electron chi connectivity index (χ3n) is 2.49. The molecule has 14 heavy (non-hydrogen) atoms. The van der Waals surface area contributed by atoms with E-state index in [1.54, 1.807) is 6.20 Å². The molecule has 3 heterocycles. The van der Waals surface area contributed by atoms with E-state index < -0.39 is 0 Å². The van der Waals surface area contributed by atoms with Crippen molar-refractivity contribution >= 4 is 22.9 Å². The predicted molar refractivity (Wildman–Crippen MR) is 54.8 cm³/mol. The molecule has 72 valence electrons. The van der Waals surface area contributed by atoms with Gasteiger partial charge in [-0.25, -0.2) is 9.50 Å². The summed E-state index contributed by atoms with van der Waals surface area (Å²) >= 11 is 5.95. The topological polar surface area (TPSA) is 42.2 Å². The molecule has 0 bridgehead atoms. The zero-order valence-corrected chi connectivity index (χ0v) is 8.25. The summed E-state index contributed by atoms with van der Waals surface area (Å²) in [6.07, 6.45) is 5.62. The third-order valence-corrected chi connectivity index (χ3v) is 2.76. The number of hydrogen-bond donors (Lipinski definition) is 1. The van der Waals surface area contributed by atoms with Crippen molar-refractivity contribution in [1.29, 1.82) is 0 Å². The van der Waals surface area contributed by atoms with Crippen molar-refractivity contribution in [2.45, 2.75) is 12.8 Å². The Labute approximate surface area is 85.9 Å². The second-order valence-electron chi connectivity index (χ2n) is 3.38. The molecule has 3 rings (SSSR count). The number of halogens is 1. The number of anilines is 1. The van der Waals surface area contributed by atoms with Gasteiger partial charge in [0, 0.05) is 6.54 Å². The molecule has 0 amide bonds. The molecule has 0 aliphatic carbocycles. The lowest BCUT2D eigenvalue weighted by molar-refractivity contribution is 0.747. The molecular formula is C9H9ClN4. The maximum Gasteiger partial charge on any atom is 0.174 e. The minimum absolute atomic E-state index is 0.610. The van der Waals surface area contributed by atoms with Crippen LogP contribution in [0, 0.1) is 0 Å². The fourth-order valence-corrected chi connectivity index (χ4v) is 1.99. The molecule has 0 saturated heterocycles. The molecule has 0 spiro atoms. The maximum atomic E-state index is 5.95. The average molecular weight is 209 g/mol. The summed E-state index contributed by atoms with van der Waals surface area (Å²) in [6, 6.07) is 0. The van der Waals surface area contributed by atoms with Crippen molar-refractivity contribution in [2.75, 3.05) is 11.9 Å². The third kappa shape index (κ3) is 1.00. The number of nitrogens with zero attached hydrogens (tertiary/aromatic N) is 3. The van der Waals surface area contributed by atoms with Crippen LogP contribution < -0.4 is 5.32 Å². The summed E-state index contributed by atoms with van der Waals surface area (Å²) in [7, 11) is 0. The van der Waals surface area contributed by atoms with E-state index in [9.17, 15) is 0 Å². The Morgan fingerprint density at radius 2 is 2.36 bits per heavy atom. The summed E-state index contributed by atoms with van der Waals surface area (Å²) in [5, 5.41) is 8.12. The van der Waals surface area contributed by atoms with E-state index >= 15 is 0 Å². The predicted octanol–water partition coefficient (Wildman–Crippen LogP) is 1.74. The zero-order valence-electron chi connectivity index (χ0n) is 7.50. The second kappa shape index (κ2) is 2.85. The molecule has 0 unspecified atom stereocenters. The summed E-state index contributed by atoms with van der Waals surface area (Å²) < 4.78 is 1.82. The fraction of sp³-hybridized carbons (Fsp3) is 0.333. The molecule has 5 heteroatoms. The van der Waals surface area contributed by atoms with Crippen molar-refractivity contribution in [2.24, 2.45) is 0 Å². The Kier molecular flexibility index (Phi) is 1.64. The van der Waals surface area contributed by atoms with E-state index in [4.69, 9.17) is 11.6 Å². The molecule has 4 nitrogen and oxygen atoms in total. The van der Waals surface area contributed by atoms with E-state index in [0.717, 1.165) is 30.7 Å². The molecule has 0 aromatic carbocycles. The lowest BCUT2D eigenvalue weighted by Crippen LogP contribution is -2.16. The van der Waals surface area contributed by atoms with Crippen molar-refractivity contribution in [3.63, 3.8) is 0 Å². The van der Waals surface area contributed by atoms with E-state index in [1.165, 1.54) is 5.69 Å². The van der Waals surface area contributed by atoms with Crippen molar-refractivity contribution in [1.82, 2.24) is 14.6 Å². The lowest BCUT2D eigenvalue weighted by Gasteiger charge is -2.17. The molecule has 1 aliphatic rings. The van der Waals surface area contributed by atoms with Gasteiger partial charge in [0.05, 0.1) is 23.8 Å². The number of aryl methyl sites for hydroxylation is 1. The lowest BCUT2D eigenvalue weighted by atomic mass is 10.1. The van der Waals surface area contributed by atoms with Gasteiger partial charge < -0.3 is 5.32 Å². The summed E-state index contributed by atoms with van der Waals surface area (Å²) in [6.45, 7) is 1.01. The minimum Gasteiger partial charge on any atom is -0.382 e. The first-order valence-electron chi connectivity index (χ1n) is 4.61. The van der Waals surface area contributed by atoms with Crippen molar-refractivity contribution in [3.05, 3.63) is 23.1 Å². The van der Waals surface area contributed by atoms with Crippen LogP contribution in [0.25, 0.3) is 5.65 Å². The first-order chi connectivity index (χ1) is 6.86. The van der Waals surface area contributed by atoms with E-state index in [-0.39, 0.29) is 0 Å². The first-order valence-corrected chi connectivity index (χ1v) is 4.99. The fourth-order valence-electron chi connectivity index (χ4n) is 1.82. The highest BCUT2D eigenvalue weighted by molar-refractivity contribution is 6.33. The van der Waals surface area contributed by atoms with Gasteiger partial charge in [0.2, 0.25) is 0 Å². The molecular weight excluding hydrogens is 200 g/mol. The van der Waals surface area contributed by atoms with Gasteiger partial charge >= 0.3 is 0 Å². The quantitative estimate of drug-likeness (QED) is 0.717. The molecule has 2 aromatic rings. The monoisotopic (exact) mass is 208 g/mol. The number of aromatic nitrogens is 3. The summed E-state index contributed by atoms with van der Waals surface area (Å²) in [4.78, 5) is 4.26. The normalized spacial score (nSPS) is 15.2. The average Bonchev–Trinajstić information content (AvgIpc) is 2.61. The van der Waals surface area contributed by atoms with Gasteiger partial charge in [-0.3, -0.25) is 0 Å². The maximum absolute atomic E-state index is 5.95. The first kappa shape index (κ1) is 8.05. The van der Waals surface area contributed by atoms with Crippen LogP contribution in [-0.2, 0) is 6.42 Å². The molecule has 1 aliphatic heterocycles. The Bertz CT molecular complexity index is 491. The van der Waals surface area contributed by atoms with Gasteiger partial charge in [-0.1, -0.05) is 11.6 Å². The summed E-state index contributed by atoms with van der Waals surface area (Å²) in [5.41, 5.74) is 2.99. The highest BCUT2D eigenvalue weighted by Crippen LogP contribution is 2.24. The van der Waals surface area contributed by atoms with Gasteiger partial charge in [-0.2, -0.15) is 5.10 Å². The van der Waals surface area contributed by atoms with Gasteiger partial charge in [0.25, 0.3) is 0 Å². The van der Waals surface area contributed by atoms with Crippen LogP contribution >= 0.6 is 11.6 Å². The van der Waals surface area contributed by atoms with E-state index in [0.29, 0.717) is 5.02 Å². The number of nitrogens with one attached hydrogen (secondary N) is 1. The van der Waals surface area contributed by atoms with Gasteiger partial charge in [-0.15, -0.1) is 0 Å². The van der Waals surface area contributed by atoms with Gasteiger partial charge in [0.15, 0.2) is 5.65 Å². The molecule has 0 saturated carbocycles. The van der Waals surface area contributed by atoms with Crippen LogP contribution in [0.15, 0.2) is 12.4 Å². The standard InChI is InChI=1S/C9H9ClN4/c10-6-4-13-14-8-2-1-3-11-7(8)5-12-9(6)14/h4-5,11H,1-3H2. The highest BCUT2D eigenvalue weighted by atomic mass is 35.5. The molecule has 2 aromatic heterocycles. The number of rotatable bonds is 0. The number of fused-ring (bicyclic) bond motifs is 3. The van der Waals surface area contributed by atoms with Gasteiger partial charge in [-0.05, 0) is 12.8 Å². The van der Waals surface area contributed by atoms with Gasteiger partial charge in [0.1, 0.15) is 5.02 Å². The van der Waals surface area contributed by atoms with Crippen LogP contribution in [0.3, 0.4) is 0 Å². The van der Waals surface area contributed by atoms with Crippen molar-refractivity contribution in [3.8, 4) is 0 Å². The SMILES string of the molecule is Clc1cnn2c3c(cnc12)NCCC3. The number of hydrogen-bond acceptors (Lipinski definition) is 3. The van der Waals surface area contributed by atoms with Crippen LogP contribution in [0.1, 0.15) is 12.1 Å². The zero-order chi connectivity index (χ0) is 9.54. The Morgan fingerprint density at radius 3 is 3.29 bits per heavy atom. The van der Waals surface area contributed by atoms with Crippen LogP contribution in [-0.4, -0.2) is 21.1 Å². The Balaban J connectivity index is 2.35. The molecule has 0 radical (unpaired) electrons. The largest absolute Gasteiger partial charge is 0.382 e. The van der Waals surface area contributed by atoms with Crippen LogP contribution in [0.5, 0.6) is 0 Å². The Morgan fingerprint density at radius 1 is 1.43 bits per heavy atom. The molecule has 1 N–H and O–H groups in total. The van der Waals surface area contributed by atoms with Crippen LogP contribution in [0.4, 0.5) is 5.69 Å². The highest BCUT2D eigenvalue weighted by Gasteiger charge is 2.14. The molecule has 0 fully saturated rings. The Hall–Kier alpha value is -1.29. The molecule has 0 atom stereocenters. The summed E-state index contributed by atoms with van der Waals surface area (Å²) in [5.74, 6) is 0. The van der Waals surface area contributed by atoms with Crippen molar-refractivity contribution < 1.29 is 0 Å².